The van der Waals surface area contributed by atoms with E-state index in [2.05, 4.69) is 4.98 Å². The molecule has 2 aromatic carbocycles. The molecular formula is C26H24N2O5S. The Labute approximate surface area is 201 Å². The van der Waals surface area contributed by atoms with Crippen LogP contribution in [0.2, 0.25) is 0 Å². The van der Waals surface area contributed by atoms with E-state index in [-0.39, 0.29) is 18.8 Å². The first-order chi connectivity index (χ1) is 16.4. The fraction of sp³-hybridized carbons (Fsp3) is 0.231. The highest BCUT2D eigenvalue weighted by Gasteiger charge is 2.19. The summed E-state index contributed by atoms with van der Waals surface area (Å²) >= 11 is 1.55. The molecule has 0 fully saturated rings. The number of ketones is 1. The minimum atomic E-state index is -0.431. The van der Waals surface area contributed by atoms with E-state index in [1.165, 1.54) is 7.11 Å². The number of aromatic nitrogens is 2. The number of aryl methyl sites for hydroxylation is 2. The number of rotatable bonds is 8. The molecule has 0 unspecified atom stereocenters. The zero-order chi connectivity index (χ0) is 24.2. The zero-order valence-corrected chi connectivity index (χ0v) is 20.0. The molecule has 0 radical (unpaired) electrons. The average Bonchev–Trinajstić information content (AvgIpc) is 3.40. The average molecular weight is 477 g/mol. The Bertz CT molecular complexity index is 1330. The van der Waals surface area contributed by atoms with Crippen LogP contribution in [0.1, 0.15) is 43.5 Å². The van der Waals surface area contributed by atoms with E-state index in [9.17, 15) is 14.4 Å². The molecule has 34 heavy (non-hydrogen) atoms. The Kier molecular flexibility index (Phi) is 6.88. The van der Waals surface area contributed by atoms with Gasteiger partial charge in [0.05, 0.1) is 34.3 Å². The lowest BCUT2D eigenvalue weighted by atomic mass is 10.1. The van der Waals surface area contributed by atoms with Crippen molar-refractivity contribution in [3.63, 3.8) is 0 Å². The summed E-state index contributed by atoms with van der Waals surface area (Å²) < 4.78 is 13.0. The van der Waals surface area contributed by atoms with E-state index in [4.69, 9.17) is 9.47 Å². The highest BCUT2D eigenvalue weighted by atomic mass is 32.1. The first-order valence-corrected chi connectivity index (χ1v) is 11.6. The van der Waals surface area contributed by atoms with Crippen LogP contribution in [0, 0.1) is 13.8 Å². The number of ether oxygens (including phenoxy) is 2. The van der Waals surface area contributed by atoms with Gasteiger partial charge in [0.1, 0.15) is 0 Å². The number of thiazole rings is 1. The number of hydrogen-bond donors (Lipinski definition) is 0. The standard InChI is InChI=1S/C26H24N2O5S/c1-16-14-20(17(2)28(16)19-10-8-18(9-11-19)26(31)32-3)22(29)15-33-25(30)13-12-24-27-21-6-4-5-7-23(21)34-24/h4-11,14H,12-13,15H2,1-3H3. The number of nitrogens with zero attached hydrogens (tertiary/aromatic N) is 2. The van der Waals surface area contributed by atoms with Crippen molar-refractivity contribution in [2.75, 3.05) is 13.7 Å². The molecule has 0 bridgehead atoms. The summed E-state index contributed by atoms with van der Waals surface area (Å²) in [6, 6.07) is 16.5. The quantitative estimate of drug-likeness (QED) is 0.267. The van der Waals surface area contributed by atoms with Crippen molar-refractivity contribution in [1.29, 1.82) is 0 Å². The maximum atomic E-state index is 12.8. The van der Waals surface area contributed by atoms with Gasteiger partial charge in [-0.2, -0.15) is 0 Å². The van der Waals surface area contributed by atoms with Crippen molar-refractivity contribution in [3.8, 4) is 5.69 Å². The van der Waals surface area contributed by atoms with Crippen LogP contribution >= 0.6 is 11.3 Å². The van der Waals surface area contributed by atoms with Crippen molar-refractivity contribution in [1.82, 2.24) is 9.55 Å². The summed E-state index contributed by atoms with van der Waals surface area (Å²) in [4.78, 5) is 41.2. The molecule has 4 rings (SSSR count). The van der Waals surface area contributed by atoms with Crippen LogP contribution in [-0.2, 0) is 20.7 Å². The first-order valence-electron chi connectivity index (χ1n) is 10.8. The molecule has 0 aliphatic carbocycles. The van der Waals surface area contributed by atoms with Gasteiger partial charge in [-0.05, 0) is 56.3 Å². The number of Topliss-reactive ketones (excluding diaryl/α,β-unsaturated/α-hetero) is 1. The molecule has 0 aliphatic heterocycles. The van der Waals surface area contributed by atoms with Crippen LogP contribution < -0.4 is 0 Å². The van der Waals surface area contributed by atoms with E-state index >= 15 is 0 Å². The van der Waals surface area contributed by atoms with Gasteiger partial charge in [-0.15, -0.1) is 11.3 Å². The normalized spacial score (nSPS) is 10.9. The van der Waals surface area contributed by atoms with Crippen LogP contribution in [-0.4, -0.2) is 41.0 Å². The van der Waals surface area contributed by atoms with E-state index in [0.717, 1.165) is 32.3 Å². The van der Waals surface area contributed by atoms with Crippen molar-refractivity contribution < 1.29 is 23.9 Å². The van der Waals surface area contributed by atoms with Gasteiger partial charge in [0.2, 0.25) is 5.78 Å². The monoisotopic (exact) mass is 476 g/mol. The Morgan fingerprint density at radius 3 is 2.47 bits per heavy atom. The largest absolute Gasteiger partial charge is 0.465 e. The maximum absolute atomic E-state index is 12.8. The van der Waals surface area contributed by atoms with E-state index in [1.807, 2.05) is 42.7 Å². The van der Waals surface area contributed by atoms with E-state index in [0.29, 0.717) is 17.5 Å². The number of methoxy groups -OCH3 is 1. The van der Waals surface area contributed by atoms with Crippen molar-refractivity contribution >= 4 is 39.3 Å². The highest BCUT2D eigenvalue weighted by molar-refractivity contribution is 7.18. The van der Waals surface area contributed by atoms with Gasteiger partial charge in [-0.3, -0.25) is 9.59 Å². The molecule has 0 aliphatic rings. The Morgan fingerprint density at radius 1 is 1.03 bits per heavy atom. The second-order valence-electron chi connectivity index (χ2n) is 7.82. The van der Waals surface area contributed by atoms with Gasteiger partial charge >= 0.3 is 11.9 Å². The fourth-order valence-corrected chi connectivity index (χ4v) is 4.81. The summed E-state index contributed by atoms with van der Waals surface area (Å²) in [5.41, 5.74) is 4.26. The van der Waals surface area contributed by atoms with Crippen molar-refractivity contribution in [2.24, 2.45) is 0 Å². The number of fused-ring (bicyclic) bond motifs is 1. The molecule has 2 heterocycles. The predicted molar refractivity (Wildman–Crippen MR) is 130 cm³/mol. The van der Waals surface area contributed by atoms with Gasteiger partial charge in [-0.25, -0.2) is 9.78 Å². The number of carbonyl (C=O) groups excluding carboxylic acids is 3. The smallest absolute Gasteiger partial charge is 0.337 e. The van der Waals surface area contributed by atoms with Crippen molar-refractivity contribution in [2.45, 2.75) is 26.7 Å². The molecule has 0 amide bonds. The fourth-order valence-electron chi connectivity index (χ4n) is 3.84. The summed E-state index contributed by atoms with van der Waals surface area (Å²) in [5.74, 6) is -1.10. The molecular weight excluding hydrogens is 452 g/mol. The molecule has 0 saturated heterocycles. The second kappa shape index (κ2) is 10.0. The molecule has 7 nitrogen and oxygen atoms in total. The van der Waals surface area contributed by atoms with Crippen LogP contribution in [0.15, 0.2) is 54.6 Å². The molecule has 0 saturated carbocycles. The zero-order valence-electron chi connectivity index (χ0n) is 19.2. The van der Waals surface area contributed by atoms with Gasteiger partial charge in [0.15, 0.2) is 6.61 Å². The van der Waals surface area contributed by atoms with Gasteiger partial charge in [0.25, 0.3) is 0 Å². The summed E-state index contributed by atoms with van der Waals surface area (Å²) in [5, 5.41) is 0.867. The molecule has 0 N–H and O–H groups in total. The van der Waals surface area contributed by atoms with Crippen LogP contribution in [0.5, 0.6) is 0 Å². The summed E-state index contributed by atoms with van der Waals surface area (Å²) in [6.45, 7) is 3.41. The number of hydrogen-bond acceptors (Lipinski definition) is 7. The minimum absolute atomic E-state index is 0.165. The molecule has 4 aromatic rings. The van der Waals surface area contributed by atoms with Gasteiger partial charge < -0.3 is 14.0 Å². The molecule has 0 spiro atoms. The Hall–Kier alpha value is -3.78. The van der Waals surface area contributed by atoms with Gasteiger partial charge in [0, 0.05) is 29.1 Å². The van der Waals surface area contributed by atoms with Crippen molar-refractivity contribution in [3.05, 3.63) is 82.1 Å². The number of carbonyl (C=O) groups is 3. The van der Waals surface area contributed by atoms with Gasteiger partial charge in [-0.1, -0.05) is 12.1 Å². The Balaban J connectivity index is 1.37. The number of para-hydroxylation sites is 1. The molecule has 174 valence electrons. The molecule has 0 atom stereocenters. The number of benzene rings is 2. The summed E-state index contributed by atoms with van der Waals surface area (Å²) in [6.07, 6.45) is 0.640. The lowest BCUT2D eigenvalue weighted by molar-refractivity contribution is -0.142. The van der Waals surface area contributed by atoms with E-state index in [1.54, 1.807) is 41.7 Å². The third kappa shape index (κ3) is 4.92. The predicted octanol–water partition coefficient (Wildman–Crippen LogP) is 4.85. The lowest BCUT2D eigenvalue weighted by Gasteiger charge is -2.10. The number of esters is 2. The topological polar surface area (TPSA) is 87.5 Å². The van der Waals surface area contributed by atoms with E-state index < -0.39 is 11.9 Å². The third-order valence-corrected chi connectivity index (χ3v) is 6.62. The van der Waals surface area contributed by atoms with Crippen LogP contribution in [0.25, 0.3) is 15.9 Å². The Morgan fingerprint density at radius 2 is 1.76 bits per heavy atom. The molecule has 8 heteroatoms. The molecule has 2 aromatic heterocycles. The first kappa shape index (κ1) is 23.4. The maximum Gasteiger partial charge on any atom is 0.337 e. The second-order valence-corrected chi connectivity index (χ2v) is 8.93. The SMILES string of the molecule is COC(=O)c1ccc(-n2c(C)cc(C(=O)COC(=O)CCc3nc4ccccc4s3)c2C)cc1. The minimum Gasteiger partial charge on any atom is -0.465 e. The highest BCUT2D eigenvalue weighted by Crippen LogP contribution is 2.23. The van der Waals surface area contributed by atoms with Crippen LogP contribution in [0.3, 0.4) is 0 Å². The summed E-state index contributed by atoms with van der Waals surface area (Å²) in [7, 11) is 1.34. The third-order valence-electron chi connectivity index (χ3n) is 5.52. The van der Waals surface area contributed by atoms with Crippen LogP contribution in [0.4, 0.5) is 0 Å². The lowest BCUT2D eigenvalue weighted by Crippen LogP contribution is -2.15.